The summed E-state index contributed by atoms with van der Waals surface area (Å²) in [6.07, 6.45) is 22.1. The van der Waals surface area contributed by atoms with Crippen LogP contribution in [0.3, 0.4) is 0 Å². The first-order chi connectivity index (χ1) is 55.2. The molecular formula is C84H96N18O12. The molecule has 0 bridgehead atoms. The quantitative estimate of drug-likeness (QED) is 0.0564. The summed E-state index contributed by atoms with van der Waals surface area (Å²) in [7, 11) is 5.11. The van der Waals surface area contributed by atoms with Crippen LogP contribution in [0.5, 0.6) is 0 Å². The lowest BCUT2D eigenvalue weighted by atomic mass is 9.77. The van der Waals surface area contributed by atoms with Crippen LogP contribution in [0.2, 0.25) is 0 Å². The molecule has 0 radical (unpaired) electrons. The van der Waals surface area contributed by atoms with Crippen molar-refractivity contribution < 1.29 is 57.4 Å². The molecule has 3 aliphatic carbocycles. The summed E-state index contributed by atoms with van der Waals surface area (Å²) >= 11 is 0. The molecule has 3 N–H and O–H groups in total. The van der Waals surface area contributed by atoms with Crippen molar-refractivity contribution in [2.45, 2.75) is 174 Å². The maximum atomic E-state index is 13.3. The molecule has 9 aliphatic rings. The van der Waals surface area contributed by atoms with Gasteiger partial charge in [0, 0.05) is 133 Å². The number of carbonyl (C=O) groups excluding carboxylic acids is 9. The average molecular weight is 1550 g/mol. The summed E-state index contributed by atoms with van der Waals surface area (Å²) in [6, 6.07) is 16.4. The van der Waals surface area contributed by atoms with Crippen LogP contribution in [0.15, 0.2) is 55.0 Å². The van der Waals surface area contributed by atoms with Gasteiger partial charge in [0.05, 0.1) is 35.0 Å². The Balaban J connectivity index is 0.000000149. The van der Waals surface area contributed by atoms with Crippen molar-refractivity contribution in [2.75, 3.05) is 91.2 Å². The highest BCUT2D eigenvalue weighted by Crippen LogP contribution is 2.39. The lowest BCUT2D eigenvalue weighted by molar-refractivity contribution is -0.131. The van der Waals surface area contributed by atoms with E-state index in [2.05, 4.69) is 64.1 Å². The lowest BCUT2D eigenvalue weighted by Crippen LogP contribution is -2.40. The van der Waals surface area contributed by atoms with Crippen molar-refractivity contribution in [3.8, 4) is 18.2 Å². The maximum absolute atomic E-state index is 13.3. The highest BCUT2D eigenvalue weighted by atomic mass is 16.5. The van der Waals surface area contributed by atoms with Gasteiger partial charge in [0.2, 0.25) is 17.7 Å². The van der Waals surface area contributed by atoms with E-state index in [9.17, 15) is 58.9 Å². The monoisotopic (exact) mass is 1550 g/mol. The van der Waals surface area contributed by atoms with Crippen LogP contribution < -0.4 is 30.7 Å². The third-order valence-corrected chi connectivity index (χ3v) is 24.1. The van der Waals surface area contributed by atoms with E-state index in [-0.39, 0.29) is 70.9 Å². The number of amides is 9. The largest absolute Gasteiger partial charge is 0.381 e. The van der Waals surface area contributed by atoms with Crippen molar-refractivity contribution in [1.82, 2.24) is 44.6 Å². The Morgan fingerprint density at radius 1 is 0.421 bits per heavy atom. The molecule has 6 fully saturated rings. The lowest BCUT2D eigenvalue weighted by Gasteiger charge is -2.35. The summed E-state index contributed by atoms with van der Waals surface area (Å²) in [4.78, 5) is 149. The van der Waals surface area contributed by atoms with Crippen LogP contribution >= 0.6 is 0 Å². The van der Waals surface area contributed by atoms with Crippen molar-refractivity contribution in [2.24, 2.45) is 35.5 Å². The topological polar surface area (TPSA) is 386 Å². The second kappa shape index (κ2) is 36.1. The summed E-state index contributed by atoms with van der Waals surface area (Å²) < 4.78 is 16.5. The summed E-state index contributed by atoms with van der Waals surface area (Å²) in [5.74, 6) is 3.69. The Kier molecular flexibility index (Phi) is 25.5. The minimum Gasteiger partial charge on any atom is -0.381 e. The SMILES string of the molecule is CO[C@@H]1CC[C@@H]1Cc1cc(NC(=O)N2CCCc3cc(CN4CCC(C)C4=O)c(C=O)nc32)ncc1C#N.CO[C@H]1CC[C@H]1Cc1cc(NC(=O)N2CCCc3cc(CN4CCC(C)C4=O)c(C=O)nc32)ncc1C#N.CO[C@H]1CC[C@H]1Cc1cc(NC(=O)N2CCCc3cc(CN4CC[C@@H](C)C4=O)c(C=O)nc32)ncc1C#N. The zero-order valence-corrected chi connectivity index (χ0v) is 65.3. The number of nitriles is 3. The first-order valence-corrected chi connectivity index (χ1v) is 39.6. The van der Waals surface area contributed by atoms with Gasteiger partial charge in [0.1, 0.15) is 70.2 Å². The number of pyridine rings is 6. The van der Waals surface area contributed by atoms with Gasteiger partial charge in [-0.15, -0.1) is 0 Å². The minimum absolute atomic E-state index is 0.00840. The number of carbonyl (C=O) groups is 9. The Morgan fingerprint density at radius 3 is 0.921 bits per heavy atom. The number of fused-ring (bicyclic) bond motifs is 3. The normalized spacial score (nSPS) is 22.4. The van der Waals surface area contributed by atoms with Gasteiger partial charge < -0.3 is 28.9 Å². The molecule has 594 valence electrons. The molecule has 0 aromatic carbocycles. The molecule has 15 rings (SSSR count). The second-order valence-electron chi connectivity index (χ2n) is 31.3. The molecule has 3 saturated heterocycles. The van der Waals surface area contributed by atoms with Crippen LogP contribution in [-0.4, -0.2) is 178 Å². The van der Waals surface area contributed by atoms with E-state index in [1.54, 1.807) is 54.2 Å². The molecule has 30 heteroatoms. The molecule has 3 saturated carbocycles. The highest BCUT2D eigenvalue weighted by Gasteiger charge is 2.38. The first kappa shape index (κ1) is 80.5. The zero-order valence-electron chi connectivity index (χ0n) is 65.3. The Morgan fingerprint density at radius 2 is 0.702 bits per heavy atom. The minimum atomic E-state index is -0.395. The number of ether oxygens (including phenoxy) is 3. The van der Waals surface area contributed by atoms with Gasteiger partial charge in [-0.3, -0.25) is 59.4 Å². The van der Waals surface area contributed by atoms with Crippen LogP contribution in [0.1, 0.15) is 196 Å². The standard InChI is InChI=1S/3C28H32N6O4/c3*1-17-7-9-33(27(17)36)15-21-11-19-4-3-8-34(26(19)31-23(21)16-35)28(37)32-25-12-20(22(13-29)14-30-25)10-18-5-6-24(18)38-2/h3*11-12,14,16-18,24H,3-10,15H2,1-2H3,(H,30,32,37)/t2*17?,18-,24-;17-,18+,24+/m101/s1. The number of hydrogen-bond donors (Lipinski definition) is 3. The molecule has 0 spiro atoms. The Bertz CT molecular complexity index is 4380. The van der Waals surface area contributed by atoms with Gasteiger partial charge in [0.25, 0.3) is 0 Å². The number of anilines is 6. The van der Waals surface area contributed by atoms with Gasteiger partial charge in [-0.25, -0.2) is 44.3 Å². The van der Waals surface area contributed by atoms with Gasteiger partial charge in [-0.1, -0.05) is 20.8 Å². The number of methoxy groups -OCH3 is 3. The van der Waals surface area contributed by atoms with E-state index in [1.807, 2.05) is 39.0 Å². The van der Waals surface area contributed by atoms with Crippen LogP contribution in [-0.2, 0) is 86.8 Å². The van der Waals surface area contributed by atoms with Gasteiger partial charge >= 0.3 is 18.1 Å². The molecule has 6 aromatic heterocycles. The average Bonchev–Trinajstić information content (AvgIpc) is 1.06. The van der Waals surface area contributed by atoms with E-state index >= 15 is 0 Å². The first-order valence-electron chi connectivity index (χ1n) is 39.6. The van der Waals surface area contributed by atoms with Crippen molar-refractivity contribution in [3.05, 3.63) is 139 Å². The third kappa shape index (κ3) is 17.6. The predicted molar refractivity (Wildman–Crippen MR) is 419 cm³/mol. The Hall–Kier alpha value is -11.5. The molecule has 30 nitrogen and oxygen atoms in total. The van der Waals surface area contributed by atoms with E-state index in [4.69, 9.17) is 14.2 Å². The number of nitrogens with one attached hydrogen (secondary N) is 3. The fraction of sp³-hybridized carbons (Fsp3) is 0.500. The number of rotatable bonds is 21. The fourth-order valence-corrected chi connectivity index (χ4v) is 16.9. The number of nitrogens with zero attached hydrogens (tertiary/aromatic N) is 15. The van der Waals surface area contributed by atoms with Crippen molar-refractivity contribution >= 4 is 89.6 Å². The predicted octanol–water partition coefficient (Wildman–Crippen LogP) is 10.4. The molecule has 9 atom stereocenters. The van der Waals surface area contributed by atoms with Crippen molar-refractivity contribution in [1.29, 1.82) is 15.8 Å². The van der Waals surface area contributed by atoms with Crippen LogP contribution in [0.25, 0.3) is 0 Å². The summed E-state index contributed by atoms with van der Waals surface area (Å²) in [5.41, 5.74) is 9.40. The Labute approximate surface area is 662 Å². The van der Waals surface area contributed by atoms with Crippen molar-refractivity contribution in [3.63, 3.8) is 0 Å². The zero-order chi connectivity index (χ0) is 80.4. The van der Waals surface area contributed by atoms with Gasteiger partial charge in [0.15, 0.2) is 18.9 Å². The summed E-state index contributed by atoms with van der Waals surface area (Å²) in [5, 5.41) is 37.2. The molecule has 9 amide bonds. The number of aldehydes is 3. The maximum Gasteiger partial charge on any atom is 0.328 e. The number of aryl methyl sites for hydroxylation is 3. The molecular weight excluding hydrogens is 1450 g/mol. The highest BCUT2D eigenvalue weighted by molar-refractivity contribution is 6.04. The molecule has 6 aromatic rings. The number of aromatic nitrogens is 6. The smallest absolute Gasteiger partial charge is 0.328 e. The molecule has 114 heavy (non-hydrogen) atoms. The van der Waals surface area contributed by atoms with Gasteiger partial charge in [-0.05, 0) is 203 Å². The van der Waals surface area contributed by atoms with Crippen LogP contribution in [0.4, 0.5) is 49.3 Å². The van der Waals surface area contributed by atoms with Gasteiger partial charge in [-0.2, -0.15) is 15.8 Å². The molecule has 6 aliphatic heterocycles. The fourth-order valence-electron chi connectivity index (χ4n) is 16.9. The summed E-state index contributed by atoms with van der Waals surface area (Å²) in [6.45, 7) is 10.1. The molecule has 12 heterocycles. The van der Waals surface area contributed by atoms with E-state index in [0.717, 1.165) is 130 Å². The number of urea groups is 3. The van der Waals surface area contributed by atoms with E-state index in [0.29, 0.717) is 183 Å². The van der Waals surface area contributed by atoms with E-state index < -0.39 is 18.1 Å². The third-order valence-electron chi connectivity index (χ3n) is 24.1. The number of likely N-dealkylation sites (tertiary alicyclic amines) is 3. The van der Waals surface area contributed by atoms with Crippen LogP contribution in [0, 0.1) is 69.5 Å². The second-order valence-corrected chi connectivity index (χ2v) is 31.3. The molecule has 2 unspecified atom stereocenters. The number of hydrogen-bond acceptors (Lipinski definition) is 21. The van der Waals surface area contributed by atoms with E-state index in [1.165, 1.54) is 33.3 Å².